The normalized spacial score (nSPS) is 24.8. The molecule has 0 radical (unpaired) electrons. The molecule has 0 spiro atoms. The van der Waals surface area contributed by atoms with Gasteiger partial charge in [-0.3, -0.25) is 0 Å². The molecule has 1 saturated heterocycles. The molecule has 2 unspecified atom stereocenters. The van der Waals surface area contributed by atoms with E-state index in [4.69, 9.17) is 4.42 Å². The second-order valence-electron chi connectivity index (χ2n) is 5.80. The lowest BCUT2D eigenvalue weighted by atomic mass is 9.86. The monoisotopic (exact) mass is 259 g/mol. The zero-order valence-electron chi connectivity index (χ0n) is 11.8. The third-order valence-electron chi connectivity index (χ3n) is 4.24. The van der Waals surface area contributed by atoms with Crippen molar-refractivity contribution in [2.75, 3.05) is 13.1 Å². The smallest absolute Gasteiger partial charge is 0.126 e. The number of imidazole rings is 1. The van der Waals surface area contributed by atoms with Crippen molar-refractivity contribution in [2.24, 2.45) is 0 Å². The average Bonchev–Trinajstić information content (AvgIpc) is 3.07. The average molecular weight is 259 g/mol. The molecule has 4 nitrogen and oxygen atoms in total. The Morgan fingerprint density at radius 2 is 2.32 bits per heavy atom. The summed E-state index contributed by atoms with van der Waals surface area (Å²) in [6.07, 6.45) is 5.07. The molecule has 19 heavy (non-hydrogen) atoms. The van der Waals surface area contributed by atoms with E-state index in [2.05, 4.69) is 34.8 Å². The lowest BCUT2D eigenvalue weighted by Gasteiger charge is -2.26. The van der Waals surface area contributed by atoms with Crippen LogP contribution in [-0.2, 0) is 5.41 Å². The second kappa shape index (κ2) is 4.53. The number of nitrogens with zero attached hydrogens (tertiary/aromatic N) is 2. The van der Waals surface area contributed by atoms with E-state index in [1.165, 1.54) is 5.69 Å². The fourth-order valence-corrected chi connectivity index (χ4v) is 2.93. The molecule has 1 aliphatic rings. The summed E-state index contributed by atoms with van der Waals surface area (Å²) in [7, 11) is 0. The fourth-order valence-electron chi connectivity index (χ4n) is 2.93. The molecule has 0 saturated carbocycles. The van der Waals surface area contributed by atoms with Gasteiger partial charge in [-0.25, -0.2) is 4.98 Å². The van der Waals surface area contributed by atoms with Crippen LogP contribution in [0.3, 0.4) is 0 Å². The molecule has 0 aliphatic carbocycles. The summed E-state index contributed by atoms with van der Waals surface area (Å²) in [6, 6.07) is 4.25. The van der Waals surface area contributed by atoms with Crippen molar-refractivity contribution in [1.29, 1.82) is 0 Å². The molecule has 2 aromatic heterocycles. The highest BCUT2D eigenvalue weighted by molar-refractivity contribution is 5.21. The standard InChI is InChI=1S/C15H21N3O/c1-11-4-5-13(19-11)12(2)18-10-17-8-14(18)15(3)6-7-16-9-15/h4-5,8,10,12,16H,6-7,9H2,1-3H3. The van der Waals surface area contributed by atoms with E-state index in [9.17, 15) is 0 Å². The minimum atomic E-state index is 0.173. The maximum absolute atomic E-state index is 5.76. The van der Waals surface area contributed by atoms with Gasteiger partial charge >= 0.3 is 0 Å². The van der Waals surface area contributed by atoms with E-state index >= 15 is 0 Å². The molecule has 2 aromatic rings. The molecule has 0 amide bonds. The number of aryl methyl sites for hydroxylation is 1. The molecular formula is C15H21N3O. The summed E-state index contributed by atoms with van der Waals surface area (Å²) in [5.41, 5.74) is 1.46. The van der Waals surface area contributed by atoms with Crippen LogP contribution in [-0.4, -0.2) is 22.6 Å². The molecular weight excluding hydrogens is 238 g/mol. The van der Waals surface area contributed by atoms with Crippen molar-refractivity contribution in [1.82, 2.24) is 14.9 Å². The molecule has 102 valence electrons. The SMILES string of the molecule is Cc1ccc(C(C)n2cncc2C2(C)CCNC2)o1. The Morgan fingerprint density at radius 3 is 2.95 bits per heavy atom. The minimum absolute atomic E-state index is 0.173. The van der Waals surface area contributed by atoms with Crippen LogP contribution < -0.4 is 5.32 Å². The van der Waals surface area contributed by atoms with E-state index in [0.717, 1.165) is 31.0 Å². The Morgan fingerprint density at radius 1 is 1.47 bits per heavy atom. The second-order valence-corrected chi connectivity index (χ2v) is 5.80. The maximum Gasteiger partial charge on any atom is 0.126 e. The zero-order chi connectivity index (χ0) is 13.5. The van der Waals surface area contributed by atoms with Crippen molar-refractivity contribution >= 4 is 0 Å². The number of aromatic nitrogens is 2. The molecule has 0 aromatic carbocycles. The molecule has 3 rings (SSSR count). The van der Waals surface area contributed by atoms with Crippen LogP contribution in [0.15, 0.2) is 29.1 Å². The lowest BCUT2D eigenvalue weighted by molar-refractivity contribution is 0.400. The van der Waals surface area contributed by atoms with Crippen LogP contribution in [0.5, 0.6) is 0 Å². The van der Waals surface area contributed by atoms with Gasteiger partial charge in [0.05, 0.1) is 12.4 Å². The zero-order valence-corrected chi connectivity index (χ0v) is 11.8. The summed E-state index contributed by atoms with van der Waals surface area (Å²) in [4.78, 5) is 4.36. The van der Waals surface area contributed by atoms with Gasteiger partial charge in [-0.05, 0) is 38.9 Å². The fraction of sp³-hybridized carbons (Fsp3) is 0.533. The van der Waals surface area contributed by atoms with Crippen LogP contribution in [0.25, 0.3) is 0 Å². The third-order valence-corrected chi connectivity index (χ3v) is 4.24. The quantitative estimate of drug-likeness (QED) is 0.921. The van der Waals surface area contributed by atoms with Gasteiger partial charge in [0.2, 0.25) is 0 Å². The minimum Gasteiger partial charge on any atom is -0.464 e. The number of furan rings is 1. The van der Waals surface area contributed by atoms with Crippen molar-refractivity contribution in [3.05, 3.63) is 41.9 Å². The Kier molecular flexibility index (Phi) is 2.97. The Hall–Kier alpha value is -1.55. The van der Waals surface area contributed by atoms with Crippen molar-refractivity contribution < 1.29 is 4.42 Å². The highest BCUT2D eigenvalue weighted by Gasteiger charge is 2.34. The first-order valence-corrected chi connectivity index (χ1v) is 6.89. The highest BCUT2D eigenvalue weighted by atomic mass is 16.3. The highest BCUT2D eigenvalue weighted by Crippen LogP contribution is 2.33. The van der Waals surface area contributed by atoms with Gasteiger partial charge in [0, 0.05) is 23.9 Å². The van der Waals surface area contributed by atoms with Crippen LogP contribution in [0.4, 0.5) is 0 Å². The Labute approximate surface area is 113 Å². The first kappa shape index (κ1) is 12.5. The van der Waals surface area contributed by atoms with Crippen LogP contribution in [0, 0.1) is 6.92 Å². The molecule has 0 bridgehead atoms. The van der Waals surface area contributed by atoms with Gasteiger partial charge in [-0.15, -0.1) is 0 Å². The van der Waals surface area contributed by atoms with Crippen LogP contribution in [0.2, 0.25) is 0 Å². The topological polar surface area (TPSA) is 43.0 Å². The molecule has 1 aliphatic heterocycles. The van der Waals surface area contributed by atoms with Gasteiger partial charge in [-0.1, -0.05) is 6.92 Å². The first-order valence-electron chi connectivity index (χ1n) is 6.89. The van der Waals surface area contributed by atoms with Gasteiger partial charge in [-0.2, -0.15) is 0 Å². The summed E-state index contributed by atoms with van der Waals surface area (Å²) in [6.45, 7) is 8.54. The molecule has 3 heterocycles. The van der Waals surface area contributed by atoms with Gasteiger partial charge < -0.3 is 14.3 Å². The Bertz CT molecular complexity index is 563. The van der Waals surface area contributed by atoms with E-state index in [0.29, 0.717) is 0 Å². The van der Waals surface area contributed by atoms with Crippen LogP contribution in [0.1, 0.15) is 43.5 Å². The van der Waals surface area contributed by atoms with Crippen molar-refractivity contribution in [3.8, 4) is 0 Å². The number of hydrogen-bond donors (Lipinski definition) is 1. The summed E-state index contributed by atoms with van der Waals surface area (Å²) in [5, 5.41) is 3.45. The van der Waals surface area contributed by atoms with Gasteiger partial charge in [0.25, 0.3) is 0 Å². The van der Waals surface area contributed by atoms with Crippen LogP contribution >= 0.6 is 0 Å². The molecule has 1 N–H and O–H groups in total. The van der Waals surface area contributed by atoms with E-state index in [-0.39, 0.29) is 11.5 Å². The number of nitrogens with one attached hydrogen (secondary N) is 1. The molecule has 1 fully saturated rings. The summed E-state index contributed by atoms with van der Waals surface area (Å²) in [5.74, 6) is 1.95. The van der Waals surface area contributed by atoms with Crippen molar-refractivity contribution in [3.63, 3.8) is 0 Å². The van der Waals surface area contributed by atoms with Gasteiger partial charge in [0.1, 0.15) is 11.5 Å². The largest absolute Gasteiger partial charge is 0.464 e. The first-order chi connectivity index (χ1) is 9.10. The number of hydrogen-bond acceptors (Lipinski definition) is 3. The predicted molar refractivity (Wildman–Crippen MR) is 74.3 cm³/mol. The third kappa shape index (κ3) is 2.10. The predicted octanol–water partition coefficient (Wildman–Crippen LogP) is 2.64. The molecule has 4 heteroatoms. The summed E-state index contributed by atoms with van der Waals surface area (Å²) < 4.78 is 8.00. The van der Waals surface area contributed by atoms with E-state index < -0.39 is 0 Å². The van der Waals surface area contributed by atoms with E-state index in [1.807, 2.05) is 25.5 Å². The maximum atomic E-state index is 5.76. The Balaban J connectivity index is 1.96. The lowest BCUT2D eigenvalue weighted by Crippen LogP contribution is -2.29. The summed E-state index contributed by atoms with van der Waals surface area (Å²) >= 11 is 0. The number of rotatable bonds is 3. The van der Waals surface area contributed by atoms with E-state index in [1.54, 1.807) is 0 Å². The molecule has 2 atom stereocenters. The van der Waals surface area contributed by atoms with Gasteiger partial charge in [0.15, 0.2) is 0 Å². The van der Waals surface area contributed by atoms with Crippen molar-refractivity contribution in [2.45, 2.75) is 38.6 Å².